The molecule has 0 spiro atoms. The lowest BCUT2D eigenvalue weighted by molar-refractivity contribution is -0.113. The van der Waals surface area contributed by atoms with Gasteiger partial charge >= 0.3 is 0 Å². The van der Waals surface area contributed by atoms with Crippen LogP contribution < -0.4 is 10.9 Å². The van der Waals surface area contributed by atoms with Gasteiger partial charge in [0.2, 0.25) is 5.91 Å². The van der Waals surface area contributed by atoms with Crippen LogP contribution in [0.5, 0.6) is 5.75 Å². The zero-order valence-corrected chi connectivity index (χ0v) is 13.1. The van der Waals surface area contributed by atoms with Gasteiger partial charge in [0.1, 0.15) is 11.6 Å². The number of nitrogens with one attached hydrogen (secondary N) is 2. The predicted octanol–water partition coefficient (Wildman–Crippen LogP) is 2.24. The van der Waals surface area contributed by atoms with Crippen molar-refractivity contribution in [3.8, 4) is 5.75 Å². The van der Waals surface area contributed by atoms with Crippen molar-refractivity contribution < 1.29 is 9.90 Å². The van der Waals surface area contributed by atoms with Gasteiger partial charge in [-0.05, 0) is 31.5 Å². The number of hydrogen-bond donors (Lipinski definition) is 3. The number of carbonyl (C=O) groups is 1. The first kappa shape index (κ1) is 14.8. The third-order valence-corrected chi connectivity index (χ3v) is 4.82. The molecule has 0 radical (unpaired) electrons. The molecule has 1 aromatic carbocycles. The summed E-state index contributed by atoms with van der Waals surface area (Å²) in [6, 6.07) is 6.81. The number of amides is 1. The summed E-state index contributed by atoms with van der Waals surface area (Å²) >= 11 is 1.38. The minimum absolute atomic E-state index is 0.0182. The zero-order chi connectivity index (χ0) is 15.9. The fourth-order valence-corrected chi connectivity index (χ4v) is 3.70. The van der Waals surface area contributed by atoms with E-state index in [0.29, 0.717) is 11.4 Å². The molecule has 0 saturated carbocycles. The topological polar surface area (TPSA) is 87.1 Å². The normalized spacial score (nSPS) is 18.0. The molecule has 2 aromatic rings. The Hall–Kier alpha value is -2.15. The Balaban J connectivity index is 2.19. The summed E-state index contributed by atoms with van der Waals surface area (Å²) in [6.07, 6.45) is 0. The second kappa shape index (κ2) is 5.57. The van der Waals surface area contributed by atoms with Gasteiger partial charge < -0.3 is 10.4 Å². The predicted molar refractivity (Wildman–Crippen MR) is 86.5 cm³/mol. The highest BCUT2D eigenvalue weighted by Gasteiger charge is 2.30. The second-order valence-electron chi connectivity index (χ2n) is 5.50. The van der Waals surface area contributed by atoms with Gasteiger partial charge in [0.25, 0.3) is 5.56 Å². The van der Waals surface area contributed by atoms with Crippen molar-refractivity contribution in [1.29, 1.82) is 0 Å². The van der Waals surface area contributed by atoms with Crippen LogP contribution in [0.1, 0.15) is 36.3 Å². The number of H-pyrrole nitrogens is 1. The number of anilines is 1. The molecule has 22 heavy (non-hydrogen) atoms. The summed E-state index contributed by atoms with van der Waals surface area (Å²) in [6.45, 7) is 3.87. The number of fused-ring (bicyclic) bond motifs is 1. The first-order chi connectivity index (χ1) is 10.5. The van der Waals surface area contributed by atoms with Crippen LogP contribution in [-0.2, 0) is 4.79 Å². The lowest BCUT2D eigenvalue weighted by Gasteiger charge is -2.15. The van der Waals surface area contributed by atoms with Crippen molar-refractivity contribution in [3.63, 3.8) is 0 Å². The number of aromatic hydroxyl groups is 1. The Morgan fingerprint density at radius 1 is 1.36 bits per heavy atom. The summed E-state index contributed by atoms with van der Waals surface area (Å²) in [5.74, 6) is 0.778. The maximum atomic E-state index is 12.4. The molecule has 1 aliphatic rings. The number of rotatable bonds is 2. The van der Waals surface area contributed by atoms with E-state index in [2.05, 4.69) is 10.4 Å². The zero-order valence-electron chi connectivity index (χ0n) is 12.3. The molecule has 0 fully saturated rings. The van der Waals surface area contributed by atoms with E-state index in [1.54, 1.807) is 22.9 Å². The van der Waals surface area contributed by atoms with Crippen molar-refractivity contribution in [3.05, 3.63) is 45.7 Å². The fourth-order valence-electron chi connectivity index (χ4n) is 2.58. The highest BCUT2D eigenvalue weighted by atomic mass is 32.2. The van der Waals surface area contributed by atoms with Crippen molar-refractivity contribution in [2.75, 3.05) is 11.1 Å². The molecule has 116 valence electrons. The molecular formula is C15H17N3O3S. The van der Waals surface area contributed by atoms with Gasteiger partial charge in [0.05, 0.1) is 16.6 Å². The van der Waals surface area contributed by atoms with Crippen molar-refractivity contribution in [2.24, 2.45) is 0 Å². The number of hydrogen-bond acceptors (Lipinski definition) is 4. The van der Waals surface area contributed by atoms with Gasteiger partial charge in [-0.25, -0.2) is 0 Å². The average molecular weight is 319 g/mol. The third kappa shape index (κ3) is 2.52. The molecule has 1 atom stereocenters. The van der Waals surface area contributed by atoms with E-state index in [-0.39, 0.29) is 34.3 Å². The molecular weight excluding hydrogens is 302 g/mol. The minimum atomic E-state index is -0.301. The molecule has 0 unspecified atom stereocenters. The van der Waals surface area contributed by atoms with E-state index in [0.717, 1.165) is 5.56 Å². The lowest BCUT2D eigenvalue weighted by atomic mass is 10.1. The summed E-state index contributed by atoms with van der Waals surface area (Å²) < 4.78 is 1.68. The van der Waals surface area contributed by atoms with Crippen LogP contribution in [0, 0.1) is 0 Å². The molecule has 7 heteroatoms. The molecule has 2 heterocycles. The number of carbonyl (C=O) groups excluding carboxylic acids is 1. The van der Waals surface area contributed by atoms with E-state index >= 15 is 0 Å². The Morgan fingerprint density at radius 2 is 2.14 bits per heavy atom. The van der Waals surface area contributed by atoms with E-state index in [9.17, 15) is 14.7 Å². The number of phenolic OH excluding ortho intramolecular Hbond substituents is 1. The fraction of sp³-hybridized carbons (Fsp3) is 0.333. The highest BCUT2D eigenvalue weighted by Crippen LogP contribution is 2.40. The van der Waals surface area contributed by atoms with Gasteiger partial charge in [-0.1, -0.05) is 12.1 Å². The van der Waals surface area contributed by atoms with Crippen molar-refractivity contribution in [1.82, 2.24) is 9.78 Å². The maximum Gasteiger partial charge on any atom is 0.270 e. The number of nitrogens with zero attached hydrogens (tertiary/aromatic N) is 1. The van der Waals surface area contributed by atoms with E-state index in [4.69, 9.17) is 0 Å². The first-order valence-corrected chi connectivity index (χ1v) is 8.07. The molecule has 1 aromatic heterocycles. The molecule has 6 nitrogen and oxygen atoms in total. The average Bonchev–Trinajstić information content (AvgIpc) is 2.67. The number of aromatic nitrogens is 2. The smallest absolute Gasteiger partial charge is 0.270 e. The van der Waals surface area contributed by atoms with E-state index < -0.39 is 0 Å². The Morgan fingerprint density at radius 3 is 2.82 bits per heavy atom. The van der Waals surface area contributed by atoms with E-state index in [1.165, 1.54) is 11.8 Å². The van der Waals surface area contributed by atoms with Crippen LogP contribution in [0.3, 0.4) is 0 Å². The van der Waals surface area contributed by atoms with Gasteiger partial charge in [-0.3, -0.25) is 19.4 Å². The van der Waals surface area contributed by atoms with Crippen LogP contribution in [0.25, 0.3) is 0 Å². The first-order valence-electron chi connectivity index (χ1n) is 7.02. The van der Waals surface area contributed by atoms with Gasteiger partial charge in [-0.15, -0.1) is 11.8 Å². The van der Waals surface area contributed by atoms with Gasteiger partial charge in [0, 0.05) is 6.04 Å². The minimum Gasteiger partial charge on any atom is -0.508 e. The summed E-state index contributed by atoms with van der Waals surface area (Å²) in [5, 5.41) is 15.0. The quantitative estimate of drug-likeness (QED) is 0.792. The largest absolute Gasteiger partial charge is 0.508 e. The number of thioether (sulfide) groups is 1. The van der Waals surface area contributed by atoms with Crippen LogP contribution in [0.15, 0.2) is 29.1 Å². The Bertz CT molecular complexity index is 779. The number of phenols is 1. The molecule has 0 saturated heterocycles. The molecule has 0 bridgehead atoms. The molecule has 1 aliphatic heterocycles. The van der Waals surface area contributed by atoms with Crippen molar-refractivity contribution >= 4 is 23.5 Å². The van der Waals surface area contributed by atoms with Gasteiger partial charge in [0.15, 0.2) is 0 Å². The molecule has 3 N–H and O–H groups in total. The lowest BCUT2D eigenvalue weighted by Crippen LogP contribution is -2.17. The van der Waals surface area contributed by atoms with E-state index in [1.807, 2.05) is 19.9 Å². The second-order valence-corrected chi connectivity index (χ2v) is 6.59. The molecule has 3 rings (SSSR count). The van der Waals surface area contributed by atoms with Crippen LogP contribution in [0.2, 0.25) is 0 Å². The molecule has 0 aliphatic carbocycles. The summed E-state index contributed by atoms with van der Waals surface area (Å²) in [4.78, 5) is 24.4. The van der Waals surface area contributed by atoms with Crippen LogP contribution in [0.4, 0.5) is 5.82 Å². The number of benzene rings is 1. The third-order valence-electron chi connectivity index (χ3n) is 3.55. The monoisotopic (exact) mass is 319 g/mol. The summed E-state index contributed by atoms with van der Waals surface area (Å²) in [5.41, 5.74) is 1.11. The standard InChI is InChI=1S/C15H17N3O3S/c1-8(2)18-14-12(15(21)17-18)13(22-7-11(20)16-14)9-4-3-5-10(19)6-9/h3-6,8,13,19H,7H2,1-2H3,(H,16,20)(H,17,21)/t13-/m1/s1. The van der Waals surface area contributed by atoms with Crippen molar-refractivity contribution in [2.45, 2.75) is 25.1 Å². The Labute approximate surface area is 131 Å². The van der Waals surface area contributed by atoms with Crippen LogP contribution >= 0.6 is 11.8 Å². The maximum absolute atomic E-state index is 12.4. The van der Waals surface area contributed by atoms with Crippen LogP contribution in [-0.4, -0.2) is 26.5 Å². The number of aromatic amines is 1. The SMILES string of the molecule is CC(C)n1[nH]c(=O)c2c1NC(=O)CS[C@@H]2c1cccc(O)c1. The molecule has 1 amide bonds. The summed E-state index contributed by atoms with van der Waals surface area (Å²) in [7, 11) is 0. The Kier molecular flexibility index (Phi) is 3.74. The van der Waals surface area contributed by atoms with Gasteiger partial charge in [-0.2, -0.15) is 0 Å². The highest BCUT2D eigenvalue weighted by molar-refractivity contribution is 8.00.